The van der Waals surface area contributed by atoms with Gasteiger partial charge >= 0.3 is 0 Å². The van der Waals surface area contributed by atoms with Crippen LogP contribution >= 0.6 is 0 Å². The first-order chi connectivity index (χ1) is 16.3. The smallest absolute Gasteiger partial charge is 0.253 e. The molecule has 0 radical (unpaired) electrons. The molecule has 0 N–H and O–H groups in total. The van der Waals surface area contributed by atoms with Crippen molar-refractivity contribution in [1.82, 2.24) is 4.90 Å². The van der Waals surface area contributed by atoms with Gasteiger partial charge < -0.3 is 14.7 Å². The lowest BCUT2D eigenvalue weighted by molar-refractivity contribution is 0.0747. The molecule has 0 atom stereocenters. The maximum absolute atomic E-state index is 12.8. The summed E-state index contributed by atoms with van der Waals surface area (Å²) >= 11 is 0. The van der Waals surface area contributed by atoms with Crippen molar-refractivity contribution in [3.05, 3.63) is 90.0 Å². The van der Waals surface area contributed by atoms with E-state index in [0.29, 0.717) is 0 Å². The van der Waals surface area contributed by atoms with Crippen LogP contribution in [0.25, 0.3) is 0 Å². The van der Waals surface area contributed by atoms with Gasteiger partial charge in [-0.3, -0.25) is 9.79 Å². The van der Waals surface area contributed by atoms with E-state index in [-0.39, 0.29) is 5.91 Å². The number of carbonyl (C=O) groups excluding carboxylic acids is 1. The summed E-state index contributed by atoms with van der Waals surface area (Å²) in [5.74, 6) is 1.07. The van der Waals surface area contributed by atoms with E-state index in [2.05, 4.69) is 40.1 Å². The number of fused-ring (bicyclic) bond motifs is 3. The molecule has 1 saturated heterocycles. The molecule has 0 spiro atoms. The van der Waals surface area contributed by atoms with Crippen LogP contribution in [0.4, 0.5) is 17.1 Å². The summed E-state index contributed by atoms with van der Waals surface area (Å²) in [6.07, 6.45) is 0. The summed E-state index contributed by atoms with van der Waals surface area (Å²) in [6, 6.07) is 26.3. The summed E-state index contributed by atoms with van der Waals surface area (Å²) < 4.78 is 0. The molecule has 3 aliphatic heterocycles. The zero-order valence-electron chi connectivity index (χ0n) is 18.4. The van der Waals surface area contributed by atoms with Crippen LogP contribution < -0.4 is 9.80 Å². The Bertz CT molecular complexity index is 1240. The number of nitrogens with zero attached hydrogens (tertiary/aromatic N) is 5. The third-order valence-electron chi connectivity index (χ3n) is 6.53. The summed E-state index contributed by atoms with van der Waals surface area (Å²) in [5.41, 5.74) is 6.07. The topological polar surface area (TPSA) is 51.5 Å². The number of carbonyl (C=O) groups is 1. The molecule has 6 heteroatoms. The number of piperazine rings is 1. The number of hydrogen-bond donors (Lipinski definition) is 0. The molecule has 0 saturated carbocycles. The highest BCUT2D eigenvalue weighted by molar-refractivity contribution is 6.53. The number of amides is 1. The van der Waals surface area contributed by atoms with E-state index in [9.17, 15) is 4.79 Å². The van der Waals surface area contributed by atoms with Crippen molar-refractivity contribution < 1.29 is 4.79 Å². The Labute approximate surface area is 193 Å². The van der Waals surface area contributed by atoms with Crippen LogP contribution in [0, 0.1) is 0 Å². The molecule has 33 heavy (non-hydrogen) atoms. The average molecular weight is 436 g/mol. The van der Waals surface area contributed by atoms with Crippen molar-refractivity contribution in [2.75, 3.05) is 49.1 Å². The van der Waals surface area contributed by atoms with E-state index in [1.165, 1.54) is 5.69 Å². The number of hydrogen-bond acceptors (Lipinski definition) is 5. The van der Waals surface area contributed by atoms with Gasteiger partial charge in [0.1, 0.15) is 5.71 Å². The molecule has 0 aromatic heterocycles. The molecule has 0 unspecified atom stereocenters. The van der Waals surface area contributed by atoms with Crippen molar-refractivity contribution in [2.24, 2.45) is 9.98 Å². The highest BCUT2D eigenvalue weighted by atomic mass is 16.2. The van der Waals surface area contributed by atoms with Crippen molar-refractivity contribution in [2.45, 2.75) is 0 Å². The summed E-state index contributed by atoms with van der Waals surface area (Å²) in [5, 5.41) is 0. The largest absolute Gasteiger partial charge is 0.368 e. The lowest BCUT2D eigenvalue weighted by Crippen LogP contribution is -2.48. The van der Waals surface area contributed by atoms with Crippen LogP contribution in [-0.4, -0.2) is 61.6 Å². The maximum Gasteiger partial charge on any atom is 0.253 e. The molecule has 0 aliphatic carbocycles. The van der Waals surface area contributed by atoms with Crippen LogP contribution in [-0.2, 0) is 0 Å². The van der Waals surface area contributed by atoms with Crippen molar-refractivity contribution >= 4 is 34.5 Å². The summed E-state index contributed by atoms with van der Waals surface area (Å²) in [4.78, 5) is 29.1. The molecule has 0 bridgehead atoms. The Morgan fingerprint density at radius 1 is 0.788 bits per heavy atom. The fourth-order valence-corrected chi connectivity index (χ4v) is 4.79. The quantitative estimate of drug-likeness (QED) is 0.625. The molecule has 3 aromatic rings. The fourth-order valence-electron chi connectivity index (χ4n) is 4.79. The van der Waals surface area contributed by atoms with E-state index < -0.39 is 0 Å². The van der Waals surface area contributed by atoms with Crippen molar-refractivity contribution in [3.8, 4) is 0 Å². The van der Waals surface area contributed by atoms with Gasteiger partial charge in [-0.2, -0.15) is 0 Å². The molecule has 3 aromatic carbocycles. The highest BCUT2D eigenvalue weighted by Gasteiger charge is 2.31. The number of benzene rings is 3. The molecule has 6 rings (SSSR count). The SMILES string of the molecule is O=C(c1ccccc1)N1CCN(c2ccc3c(c2)N2CCN=C2C(c2ccccc2)=N3)CC1. The van der Waals surface area contributed by atoms with E-state index in [1.807, 2.05) is 53.4 Å². The molecule has 6 nitrogen and oxygen atoms in total. The van der Waals surface area contributed by atoms with Gasteiger partial charge in [-0.1, -0.05) is 48.5 Å². The second kappa shape index (κ2) is 8.20. The number of anilines is 2. The third kappa shape index (κ3) is 3.57. The van der Waals surface area contributed by atoms with Gasteiger partial charge in [0.25, 0.3) is 5.91 Å². The van der Waals surface area contributed by atoms with Crippen LogP contribution in [0.2, 0.25) is 0 Å². The van der Waals surface area contributed by atoms with Crippen LogP contribution in [0.15, 0.2) is 88.8 Å². The Hall–Kier alpha value is -3.93. The average Bonchev–Trinajstić information content (AvgIpc) is 3.39. The van der Waals surface area contributed by atoms with Gasteiger partial charge in [-0.05, 0) is 30.3 Å². The van der Waals surface area contributed by atoms with Crippen LogP contribution in [0.3, 0.4) is 0 Å². The highest BCUT2D eigenvalue weighted by Crippen LogP contribution is 2.38. The molecule has 164 valence electrons. The van der Waals surface area contributed by atoms with Crippen molar-refractivity contribution in [1.29, 1.82) is 0 Å². The minimum atomic E-state index is 0.112. The molecule has 1 amide bonds. The zero-order valence-corrected chi connectivity index (χ0v) is 18.4. The molecule has 3 aliphatic rings. The van der Waals surface area contributed by atoms with Crippen LogP contribution in [0.1, 0.15) is 15.9 Å². The normalized spacial score (nSPS) is 17.3. The van der Waals surface area contributed by atoms with Gasteiger partial charge in [0, 0.05) is 49.5 Å². The summed E-state index contributed by atoms with van der Waals surface area (Å²) in [6.45, 7) is 4.73. The number of rotatable bonds is 3. The van der Waals surface area contributed by atoms with Gasteiger partial charge in [0.05, 0.1) is 17.9 Å². The molecule has 1 fully saturated rings. The molecular formula is C27H25N5O. The Morgan fingerprint density at radius 2 is 1.52 bits per heavy atom. The van der Waals surface area contributed by atoms with Gasteiger partial charge in [-0.25, -0.2) is 4.99 Å². The van der Waals surface area contributed by atoms with Crippen LogP contribution in [0.5, 0.6) is 0 Å². The lowest BCUT2D eigenvalue weighted by Gasteiger charge is -2.37. The summed E-state index contributed by atoms with van der Waals surface area (Å²) in [7, 11) is 0. The first-order valence-electron chi connectivity index (χ1n) is 11.5. The monoisotopic (exact) mass is 435 g/mol. The predicted molar refractivity (Wildman–Crippen MR) is 133 cm³/mol. The minimum absolute atomic E-state index is 0.112. The molecular weight excluding hydrogens is 410 g/mol. The second-order valence-corrected chi connectivity index (χ2v) is 8.50. The van der Waals surface area contributed by atoms with E-state index in [1.54, 1.807) is 0 Å². The maximum atomic E-state index is 12.8. The van der Waals surface area contributed by atoms with Gasteiger partial charge in [0.2, 0.25) is 0 Å². The Morgan fingerprint density at radius 3 is 2.27 bits per heavy atom. The van der Waals surface area contributed by atoms with E-state index in [0.717, 1.165) is 73.3 Å². The molecule has 3 heterocycles. The van der Waals surface area contributed by atoms with Crippen molar-refractivity contribution in [3.63, 3.8) is 0 Å². The van der Waals surface area contributed by atoms with Gasteiger partial charge in [0.15, 0.2) is 5.84 Å². The standard InChI is InChI=1S/C27H25N5O/c33-27(21-9-5-2-6-10-21)31-17-15-30(16-18-31)22-11-12-23-24(19-22)32-14-13-28-26(32)25(29-23)20-7-3-1-4-8-20/h1-12,19H,13-18H2. The van der Waals surface area contributed by atoms with Gasteiger partial charge in [-0.15, -0.1) is 0 Å². The Balaban J connectivity index is 1.23. The minimum Gasteiger partial charge on any atom is -0.368 e. The fraction of sp³-hybridized carbons (Fsp3) is 0.222. The lowest BCUT2D eigenvalue weighted by atomic mass is 10.0. The second-order valence-electron chi connectivity index (χ2n) is 8.50. The zero-order chi connectivity index (χ0) is 22.2. The van der Waals surface area contributed by atoms with E-state index in [4.69, 9.17) is 9.98 Å². The first kappa shape index (κ1) is 19.7. The van der Waals surface area contributed by atoms with E-state index >= 15 is 0 Å². The number of amidine groups is 1. The predicted octanol–water partition coefficient (Wildman–Crippen LogP) is 4.00. The third-order valence-corrected chi connectivity index (χ3v) is 6.53. The number of aliphatic imine (C=N–C) groups is 2. The first-order valence-corrected chi connectivity index (χ1v) is 11.5. The Kier molecular flexibility index (Phi) is 4.91.